The number of para-hydroxylation sites is 1. The van der Waals surface area contributed by atoms with Crippen LogP contribution in [0.5, 0.6) is 5.75 Å². The zero-order valence-electron chi connectivity index (χ0n) is 12.5. The molecule has 1 N–H and O–H groups in total. The Labute approximate surface area is 143 Å². The number of nitrogens with zero attached hydrogens (tertiary/aromatic N) is 2. The van der Waals surface area contributed by atoms with Crippen molar-refractivity contribution in [3.8, 4) is 11.8 Å². The summed E-state index contributed by atoms with van der Waals surface area (Å²) >= 11 is 6.13. The van der Waals surface area contributed by atoms with Crippen molar-refractivity contribution >= 4 is 34.1 Å². The van der Waals surface area contributed by atoms with Crippen LogP contribution in [0.2, 0.25) is 5.02 Å². The van der Waals surface area contributed by atoms with Crippen molar-refractivity contribution < 1.29 is 9.53 Å². The monoisotopic (exact) mass is 337 g/mol. The van der Waals surface area contributed by atoms with Gasteiger partial charge in [-0.3, -0.25) is 9.78 Å². The molecule has 0 saturated heterocycles. The van der Waals surface area contributed by atoms with Gasteiger partial charge in [0, 0.05) is 11.6 Å². The number of carbonyl (C=O) groups excluding carboxylic acids is 1. The first-order valence-electron chi connectivity index (χ1n) is 7.14. The number of aromatic nitrogens is 1. The Morgan fingerprint density at radius 2 is 2.04 bits per heavy atom. The molecule has 2 aromatic carbocycles. The van der Waals surface area contributed by atoms with E-state index in [0.717, 1.165) is 5.39 Å². The van der Waals surface area contributed by atoms with Crippen LogP contribution < -0.4 is 10.1 Å². The standard InChI is InChI=1S/C18H12ClN3O2/c19-14-7-8-16(18-13(14)5-3-9-21-18)24-11-17(23)22-15-6-2-1-4-12(15)10-20/h1-9H,11H2,(H,22,23). The summed E-state index contributed by atoms with van der Waals surface area (Å²) < 4.78 is 5.57. The number of fused-ring (bicyclic) bond motifs is 1. The van der Waals surface area contributed by atoms with E-state index in [4.69, 9.17) is 21.6 Å². The van der Waals surface area contributed by atoms with E-state index in [-0.39, 0.29) is 12.5 Å². The van der Waals surface area contributed by atoms with Crippen LogP contribution in [0.3, 0.4) is 0 Å². The minimum absolute atomic E-state index is 0.201. The SMILES string of the molecule is N#Cc1ccccc1NC(=O)COc1ccc(Cl)c2cccnc12. The van der Waals surface area contributed by atoms with Gasteiger partial charge in [-0.15, -0.1) is 0 Å². The summed E-state index contributed by atoms with van der Waals surface area (Å²) in [6.45, 7) is -0.201. The number of ether oxygens (including phenoxy) is 1. The number of nitrogens with one attached hydrogen (secondary N) is 1. The van der Waals surface area contributed by atoms with E-state index < -0.39 is 0 Å². The fraction of sp³-hybridized carbons (Fsp3) is 0.0556. The number of halogens is 1. The molecule has 3 rings (SSSR count). The number of benzene rings is 2. The largest absolute Gasteiger partial charge is 0.481 e. The van der Waals surface area contributed by atoms with Gasteiger partial charge in [-0.25, -0.2) is 0 Å². The Hall–Kier alpha value is -3.10. The van der Waals surface area contributed by atoms with Gasteiger partial charge in [-0.1, -0.05) is 23.7 Å². The maximum Gasteiger partial charge on any atom is 0.262 e. The maximum atomic E-state index is 12.1. The van der Waals surface area contributed by atoms with Crippen LogP contribution in [0.25, 0.3) is 10.9 Å². The first kappa shape index (κ1) is 15.8. The molecule has 118 valence electrons. The van der Waals surface area contributed by atoms with Crippen molar-refractivity contribution in [1.82, 2.24) is 4.98 Å². The predicted octanol–water partition coefficient (Wildman–Crippen LogP) is 3.78. The van der Waals surface area contributed by atoms with Crippen molar-refractivity contribution in [3.05, 3.63) is 65.3 Å². The Bertz CT molecular complexity index is 950. The molecule has 1 heterocycles. The molecule has 5 nitrogen and oxygen atoms in total. The zero-order chi connectivity index (χ0) is 16.9. The predicted molar refractivity (Wildman–Crippen MR) is 92.0 cm³/mol. The van der Waals surface area contributed by atoms with Crippen molar-refractivity contribution in [2.45, 2.75) is 0 Å². The first-order chi connectivity index (χ1) is 11.7. The minimum Gasteiger partial charge on any atom is -0.481 e. The molecular weight excluding hydrogens is 326 g/mol. The fourth-order valence-corrected chi connectivity index (χ4v) is 2.46. The molecule has 0 aliphatic heterocycles. The highest BCUT2D eigenvalue weighted by Crippen LogP contribution is 2.29. The fourth-order valence-electron chi connectivity index (χ4n) is 2.25. The van der Waals surface area contributed by atoms with E-state index in [1.54, 1.807) is 48.7 Å². The molecule has 6 heteroatoms. The topological polar surface area (TPSA) is 75.0 Å². The second-order valence-electron chi connectivity index (χ2n) is 4.94. The van der Waals surface area contributed by atoms with Gasteiger partial charge >= 0.3 is 0 Å². The molecule has 24 heavy (non-hydrogen) atoms. The van der Waals surface area contributed by atoms with Gasteiger partial charge in [0.2, 0.25) is 0 Å². The van der Waals surface area contributed by atoms with Crippen LogP contribution in [0.15, 0.2) is 54.7 Å². The molecule has 1 amide bonds. The molecule has 1 aromatic heterocycles. The van der Waals surface area contributed by atoms with Crippen molar-refractivity contribution in [1.29, 1.82) is 5.26 Å². The highest BCUT2D eigenvalue weighted by molar-refractivity contribution is 6.35. The summed E-state index contributed by atoms with van der Waals surface area (Å²) in [6.07, 6.45) is 1.63. The van der Waals surface area contributed by atoms with Gasteiger partial charge in [0.05, 0.1) is 16.3 Å². The Morgan fingerprint density at radius 1 is 1.21 bits per heavy atom. The van der Waals surface area contributed by atoms with Crippen LogP contribution in [0.4, 0.5) is 5.69 Å². The Balaban J connectivity index is 1.74. The van der Waals surface area contributed by atoms with Gasteiger partial charge in [0.1, 0.15) is 17.3 Å². The third-order valence-corrected chi connectivity index (χ3v) is 3.69. The number of anilines is 1. The number of hydrogen-bond donors (Lipinski definition) is 1. The second-order valence-corrected chi connectivity index (χ2v) is 5.35. The number of nitriles is 1. The summed E-state index contributed by atoms with van der Waals surface area (Å²) in [4.78, 5) is 16.3. The average Bonchev–Trinajstić information content (AvgIpc) is 2.62. The molecule has 0 aliphatic carbocycles. The molecule has 0 fully saturated rings. The number of amides is 1. The number of pyridine rings is 1. The third-order valence-electron chi connectivity index (χ3n) is 3.36. The van der Waals surface area contributed by atoms with Gasteiger partial charge in [-0.05, 0) is 36.4 Å². The second kappa shape index (κ2) is 6.99. The molecule has 0 aliphatic rings. The number of carbonyl (C=O) groups is 1. The molecular formula is C18H12ClN3O2. The smallest absolute Gasteiger partial charge is 0.262 e. The van der Waals surface area contributed by atoms with Crippen molar-refractivity contribution in [3.63, 3.8) is 0 Å². The van der Waals surface area contributed by atoms with E-state index in [1.165, 1.54) is 0 Å². The Kier molecular flexibility index (Phi) is 4.59. The van der Waals surface area contributed by atoms with Crippen LogP contribution in [0, 0.1) is 11.3 Å². The van der Waals surface area contributed by atoms with E-state index in [1.807, 2.05) is 12.1 Å². The molecule has 0 radical (unpaired) electrons. The van der Waals surface area contributed by atoms with Gasteiger partial charge < -0.3 is 10.1 Å². The molecule has 0 spiro atoms. The van der Waals surface area contributed by atoms with Crippen LogP contribution in [-0.4, -0.2) is 17.5 Å². The van der Waals surface area contributed by atoms with Crippen LogP contribution in [0.1, 0.15) is 5.56 Å². The Morgan fingerprint density at radius 3 is 2.88 bits per heavy atom. The third kappa shape index (κ3) is 3.29. The van der Waals surface area contributed by atoms with Crippen LogP contribution >= 0.6 is 11.6 Å². The normalized spacial score (nSPS) is 10.2. The van der Waals surface area contributed by atoms with Crippen molar-refractivity contribution in [2.75, 3.05) is 11.9 Å². The lowest BCUT2D eigenvalue weighted by Gasteiger charge is -2.10. The summed E-state index contributed by atoms with van der Waals surface area (Å²) in [5.74, 6) is 0.107. The average molecular weight is 338 g/mol. The summed E-state index contributed by atoms with van der Waals surface area (Å²) in [5.41, 5.74) is 1.44. The van der Waals surface area contributed by atoms with E-state index >= 15 is 0 Å². The van der Waals surface area contributed by atoms with E-state index in [0.29, 0.717) is 27.5 Å². The lowest BCUT2D eigenvalue weighted by molar-refractivity contribution is -0.118. The maximum absolute atomic E-state index is 12.1. The number of rotatable bonds is 4. The van der Waals surface area contributed by atoms with E-state index in [2.05, 4.69) is 10.3 Å². The highest BCUT2D eigenvalue weighted by Gasteiger charge is 2.10. The van der Waals surface area contributed by atoms with Gasteiger partial charge in [-0.2, -0.15) is 5.26 Å². The quantitative estimate of drug-likeness (QED) is 0.786. The highest BCUT2D eigenvalue weighted by atomic mass is 35.5. The molecule has 3 aromatic rings. The minimum atomic E-state index is -0.364. The van der Waals surface area contributed by atoms with E-state index in [9.17, 15) is 4.79 Å². The molecule has 0 unspecified atom stereocenters. The summed E-state index contributed by atoms with van der Waals surface area (Å²) in [6, 6.07) is 15.8. The molecule has 0 saturated carbocycles. The number of hydrogen-bond acceptors (Lipinski definition) is 4. The van der Waals surface area contributed by atoms with Gasteiger partial charge in [0.25, 0.3) is 5.91 Å². The first-order valence-corrected chi connectivity index (χ1v) is 7.52. The lowest BCUT2D eigenvalue weighted by Crippen LogP contribution is -2.20. The van der Waals surface area contributed by atoms with Crippen molar-refractivity contribution in [2.24, 2.45) is 0 Å². The summed E-state index contributed by atoms with van der Waals surface area (Å²) in [7, 11) is 0. The zero-order valence-corrected chi connectivity index (χ0v) is 13.2. The summed E-state index contributed by atoms with van der Waals surface area (Å²) in [5, 5.41) is 13.0. The lowest BCUT2D eigenvalue weighted by atomic mass is 10.2. The molecule has 0 bridgehead atoms. The van der Waals surface area contributed by atoms with Gasteiger partial charge in [0.15, 0.2) is 6.61 Å². The van der Waals surface area contributed by atoms with Crippen LogP contribution in [-0.2, 0) is 4.79 Å². The molecule has 0 atom stereocenters.